The Morgan fingerprint density at radius 3 is 2.43 bits per heavy atom. The van der Waals surface area contributed by atoms with Crippen molar-refractivity contribution >= 4 is 11.9 Å². The molecule has 1 fully saturated rings. The van der Waals surface area contributed by atoms with Crippen LogP contribution in [0.5, 0.6) is 0 Å². The summed E-state index contributed by atoms with van der Waals surface area (Å²) < 4.78 is 5.49. The quantitative estimate of drug-likeness (QED) is 0.794. The highest BCUT2D eigenvalue weighted by molar-refractivity contribution is 5.84. The molecule has 0 aliphatic carbocycles. The van der Waals surface area contributed by atoms with E-state index in [1.807, 2.05) is 58.0 Å². The van der Waals surface area contributed by atoms with Gasteiger partial charge in [0.2, 0.25) is 0 Å². The second-order valence-electron chi connectivity index (χ2n) is 6.63. The number of piperidine rings is 1. The predicted molar refractivity (Wildman–Crippen MR) is 80.9 cm³/mol. The average molecular weight is 289 g/mol. The molecule has 1 aromatic rings. The molecule has 1 aliphatic rings. The first-order chi connectivity index (χ1) is 9.78. The minimum atomic E-state index is -0.539. The van der Waals surface area contributed by atoms with Gasteiger partial charge in [-0.2, -0.15) is 0 Å². The summed E-state index contributed by atoms with van der Waals surface area (Å²) in [5, 5.41) is 0. The third-order valence-electron chi connectivity index (χ3n) is 3.60. The molecule has 21 heavy (non-hydrogen) atoms. The molecule has 0 aromatic heterocycles. The molecule has 1 saturated heterocycles. The Labute approximate surface area is 126 Å². The molecular formula is C17H23NO3. The number of ether oxygens (including phenoxy) is 1. The molecule has 4 nitrogen and oxygen atoms in total. The molecule has 1 amide bonds. The summed E-state index contributed by atoms with van der Waals surface area (Å²) in [6.45, 7) is 7.82. The van der Waals surface area contributed by atoms with Crippen molar-refractivity contribution in [1.29, 1.82) is 0 Å². The number of ketones is 1. The van der Waals surface area contributed by atoms with Crippen molar-refractivity contribution in [2.45, 2.75) is 45.8 Å². The maximum Gasteiger partial charge on any atom is 0.410 e. The first kappa shape index (κ1) is 15.5. The molecule has 0 bridgehead atoms. The zero-order valence-electron chi connectivity index (χ0n) is 13.1. The van der Waals surface area contributed by atoms with Gasteiger partial charge in [-0.05, 0) is 26.3 Å². The average Bonchev–Trinajstić information content (AvgIpc) is 2.40. The third-order valence-corrected chi connectivity index (χ3v) is 3.60. The minimum Gasteiger partial charge on any atom is -0.444 e. The number of carbonyl (C=O) groups is 2. The molecule has 0 spiro atoms. The number of amides is 1. The van der Waals surface area contributed by atoms with Gasteiger partial charge < -0.3 is 9.64 Å². The van der Waals surface area contributed by atoms with Crippen molar-refractivity contribution in [2.24, 2.45) is 5.92 Å². The number of hydrogen-bond acceptors (Lipinski definition) is 3. The van der Waals surface area contributed by atoms with Crippen LogP contribution >= 0.6 is 0 Å². The van der Waals surface area contributed by atoms with Gasteiger partial charge >= 0.3 is 6.09 Å². The van der Waals surface area contributed by atoms with Crippen molar-refractivity contribution in [2.75, 3.05) is 6.54 Å². The smallest absolute Gasteiger partial charge is 0.410 e. The standard InChI is InChI=1S/C17H23NO3/c1-12-11-18(16(20)21-17(2,3)4)14(10-15(12)19)13-8-6-5-7-9-13/h5-9,12,14H,10-11H2,1-4H3/t12-,14-/m1/s1. The molecule has 4 heteroatoms. The zero-order chi connectivity index (χ0) is 15.6. The van der Waals surface area contributed by atoms with Gasteiger partial charge in [-0.3, -0.25) is 4.79 Å². The van der Waals surface area contributed by atoms with E-state index in [4.69, 9.17) is 4.74 Å². The van der Waals surface area contributed by atoms with Gasteiger partial charge in [0.1, 0.15) is 11.4 Å². The molecule has 1 aromatic carbocycles. The lowest BCUT2D eigenvalue weighted by atomic mass is 9.89. The van der Waals surface area contributed by atoms with Gasteiger partial charge in [-0.15, -0.1) is 0 Å². The Morgan fingerprint density at radius 2 is 1.86 bits per heavy atom. The maximum absolute atomic E-state index is 12.4. The van der Waals surface area contributed by atoms with Crippen LogP contribution in [0.3, 0.4) is 0 Å². The molecule has 1 aliphatic heterocycles. The van der Waals surface area contributed by atoms with E-state index in [9.17, 15) is 9.59 Å². The van der Waals surface area contributed by atoms with E-state index in [1.165, 1.54) is 0 Å². The summed E-state index contributed by atoms with van der Waals surface area (Å²) in [6.07, 6.45) is 0.000409. The zero-order valence-corrected chi connectivity index (χ0v) is 13.1. The molecule has 2 rings (SSSR count). The Morgan fingerprint density at radius 1 is 1.24 bits per heavy atom. The molecule has 1 heterocycles. The second kappa shape index (κ2) is 5.88. The largest absolute Gasteiger partial charge is 0.444 e. The lowest BCUT2D eigenvalue weighted by Crippen LogP contribution is -2.47. The van der Waals surface area contributed by atoms with Crippen LogP contribution in [0.4, 0.5) is 4.79 Å². The number of nitrogens with zero attached hydrogens (tertiary/aromatic N) is 1. The van der Waals surface area contributed by atoms with E-state index in [0.717, 1.165) is 5.56 Å². The fraction of sp³-hybridized carbons (Fsp3) is 0.529. The molecule has 114 valence electrons. The number of Topliss-reactive ketones (excluding diaryl/α,β-unsaturated/α-hetero) is 1. The highest BCUT2D eigenvalue weighted by atomic mass is 16.6. The van der Waals surface area contributed by atoms with Crippen molar-refractivity contribution < 1.29 is 14.3 Å². The highest BCUT2D eigenvalue weighted by Crippen LogP contribution is 2.32. The summed E-state index contributed by atoms with van der Waals surface area (Å²) in [5.41, 5.74) is 0.437. The fourth-order valence-corrected chi connectivity index (χ4v) is 2.52. The van der Waals surface area contributed by atoms with Gasteiger partial charge in [0, 0.05) is 18.9 Å². The Balaban J connectivity index is 2.26. The molecule has 0 saturated carbocycles. The van der Waals surface area contributed by atoms with E-state index < -0.39 is 5.60 Å². The summed E-state index contributed by atoms with van der Waals surface area (Å²) in [7, 11) is 0. The van der Waals surface area contributed by atoms with E-state index >= 15 is 0 Å². The summed E-state index contributed by atoms with van der Waals surface area (Å²) in [4.78, 5) is 26.2. The monoisotopic (exact) mass is 289 g/mol. The Bertz CT molecular complexity index is 519. The van der Waals surface area contributed by atoms with Crippen LogP contribution in [-0.4, -0.2) is 28.9 Å². The van der Waals surface area contributed by atoms with Crippen LogP contribution in [0, 0.1) is 5.92 Å². The van der Waals surface area contributed by atoms with Crippen molar-refractivity contribution in [3.05, 3.63) is 35.9 Å². The molecule has 2 atom stereocenters. The number of rotatable bonds is 1. The summed E-state index contributed by atoms with van der Waals surface area (Å²) in [5.74, 6) is 0.0566. The van der Waals surface area contributed by atoms with Gasteiger partial charge in [0.15, 0.2) is 0 Å². The van der Waals surface area contributed by atoms with Crippen molar-refractivity contribution in [3.63, 3.8) is 0 Å². The van der Waals surface area contributed by atoms with Crippen LogP contribution in [0.25, 0.3) is 0 Å². The van der Waals surface area contributed by atoms with Crippen LogP contribution in [0.15, 0.2) is 30.3 Å². The molecule has 0 unspecified atom stereocenters. The molecule has 0 N–H and O–H groups in total. The third kappa shape index (κ3) is 3.84. The van der Waals surface area contributed by atoms with Crippen LogP contribution in [0.1, 0.15) is 45.7 Å². The van der Waals surface area contributed by atoms with Crippen LogP contribution in [0.2, 0.25) is 0 Å². The van der Waals surface area contributed by atoms with Crippen molar-refractivity contribution in [3.8, 4) is 0 Å². The molecule has 0 radical (unpaired) electrons. The Kier molecular flexibility index (Phi) is 4.35. The van der Waals surface area contributed by atoms with Crippen LogP contribution < -0.4 is 0 Å². The lowest BCUT2D eigenvalue weighted by Gasteiger charge is -2.38. The van der Waals surface area contributed by atoms with E-state index in [0.29, 0.717) is 13.0 Å². The van der Waals surface area contributed by atoms with E-state index in [2.05, 4.69) is 0 Å². The van der Waals surface area contributed by atoms with E-state index in [-0.39, 0.29) is 23.8 Å². The topological polar surface area (TPSA) is 46.6 Å². The van der Waals surface area contributed by atoms with Gasteiger partial charge in [0.05, 0.1) is 6.04 Å². The summed E-state index contributed by atoms with van der Waals surface area (Å²) >= 11 is 0. The first-order valence-electron chi connectivity index (χ1n) is 7.35. The SMILES string of the molecule is C[C@@H]1CN(C(=O)OC(C)(C)C)[C@@H](c2ccccc2)CC1=O. The number of hydrogen-bond donors (Lipinski definition) is 0. The van der Waals surface area contributed by atoms with Crippen molar-refractivity contribution in [1.82, 2.24) is 4.90 Å². The first-order valence-corrected chi connectivity index (χ1v) is 7.35. The second-order valence-corrected chi connectivity index (χ2v) is 6.63. The van der Waals surface area contributed by atoms with Gasteiger partial charge in [-0.1, -0.05) is 37.3 Å². The number of benzene rings is 1. The lowest BCUT2D eigenvalue weighted by molar-refractivity contribution is -0.127. The van der Waals surface area contributed by atoms with Gasteiger partial charge in [0.25, 0.3) is 0 Å². The van der Waals surface area contributed by atoms with E-state index in [1.54, 1.807) is 4.90 Å². The predicted octanol–water partition coefficient (Wildman–Crippen LogP) is 3.57. The highest BCUT2D eigenvalue weighted by Gasteiger charge is 2.37. The normalized spacial score (nSPS) is 23.0. The maximum atomic E-state index is 12.4. The minimum absolute atomic E-state index is 0.141. The number of carbonyl (C=O) groups excluding carboxylic acids is 2. The fourth-order valence-electron chi connectivity index (χ4n) is 2.52. The number of likely N-dealkylation sites (tertiary alicyclic amines) is 1. The Hall–Kier alpha value is -1.84. The summed E-state index contributed by atoms with van der Waals surface area (Å²) in [6, 6.07) is 9.44. The van der Waals surface area contributed by atoms with Gasteiger partial charge in [-0.25, -0.2) is 4.79 Å². The van der Waals surface area contributed by atoms with Crippen LogP contribution in [-0.2, 0) is 9.53 Å². The molecular weight excluding hydrogens is 266 g/mol.